The summed E-state index contributed by atoms with van der Waals surface area (Å²) < 4.78 is 24.1. The molecule has 0 rings (SSSR count). The first kappa shape index (κ1) is 20.7. The average molecular weight is 357 g/mol. The smallest absolute Gasteiger partial charge is 0.323 e. The van der Waals surface area contributed by atoms with E-state index in [4.69, 9.17) is 16.8 Å². The summed E-state index contributed by atoms with van der Waals surface area (Å²) >= 11 is 0. The second kappa shape index (κ2) is 6.83. The Hall–Kier alpha value is 0.668. The molecule has 0 aliphatic carbocycles. The van der Waals surface area contributed by atoms with Crippen LogP contribution in [0.5, 0.6) is 0 Å². The Morgan fingerprint density at radius 1 is 0.650 bits per heavy atom. The van der Waals surface area contributed by atoms with Crippen molar-refractivity contribution < 1.29 is 21.6 Å². The van der Waals surface area contributed by atoms with Gasteiger partial charge in [-0.1, -0.05) is 0 Å². The van der Waals surface area contributed by atoms with Crippen LogP contribution in [0.3, 0.4) is 0 Å². The molecule has 0 unspecified atom stereocenters. The van der Waals surface area contributed by atoms with Crippen molar-refractivity contribution in [3.63, 3.8) is 0 Å². The molecule has 1 N–H and O–H groups in total. The molecule has 20 heavy (non-hydrogen) atoms. The van der Waals surface area contributed by atoms with Gasteiger partial charge in [0.25, 0.3) is 0 Å². The van der Waals surface area contributed by atoms with Crippen LogP contribution < -0.4 is 0 Å². The van der Waals surface area contributed by atoms with Gasteiger partial charge >= 0.3 is 34.2 Å². The normalized spacial score (nSPS) is 15.0. The van der Waals surface area contributed by atoms with Gasteiger partial charge in [0.05, 0.1) is 0 Å². The lowest BCUT2D eigenvalue weighted by molar-refractivity contribution is 0.175. The van der Waals surface area contributed by atoms with E-state index in [9.17, 15) is 4.80 Å². The molecule has 5 nitrogen and oxygen atoms in total. The van der Waals surface area contributed by atoms with Gasteiger partial charge in [-0.3, -0.25) is 0 Å². The average Bonchev–Trinajstić information content (AvgIpc) is 1.86. The molecule has 0 radical (unpaired) electrons. The minimum Gasteiger partial charge on any atom is -0.416 e. The summed E-state index contributed by atoms with van der Waals surface area (Å²) in [5, 5.41) is 0. The molecule has 122 valence electrons. The minimum absolute atomic E-state index is 0.145. The molecule has 0 aromatic carbocycles. The van der Waals surface area contributed by atoms with Crippen molar-refractivity contribution in [1.29, 1.82) is 0 Å². The van der Waals surface area contributed by atoms with E-state index in [-0.39, 0.29) is 6.10 Å². The Bertz CT molecular complexity index is 312. The van der Waals surface area contributed by atoms with E-state index in [1.54, 1.807) is 13.1 Å². The Morgan fingerprint density at radius 3 is 1.35 bits per heavy atom. The van der Waals surface area contributed by atoms with Crippen LogP contribution in [-0.4, -0.2) is 45.1 Å². The molecule has 0 fully saturated rings. The fraction of sp³-hybridized carbons (Fsp3) is 1.00. The highest BCUT2D eigenvalue weighted by Gasteiger charge is 2.44. The second-order valence-electron chi connectivity index (χ2n) is 7.12. The summed E-state index contributed by atoms with van der Waals surface area (Å²) in [6, 6.07) is 0. The lowest BCUT2D eigenvalue weighted by atomic mass is 10.5. The molecule has 0 aromatic heterocycles. The summed E-state index contributed by atoms with van der Waals surface area (Å²) in [6.07, 6.45) is 0.145. The van der Waals surface area contributed by atoms with Gasteiger partial charge < -0.3 is 21.6 Å². The molecule has 0 aromatic rings. The highest BCUT2D eigenvalue weighted by molar-refractivity contribution is 6.87. The standard InChI is InChI=1S/C11H32O5Si4/c1-11(2)13-18(5,6)15-20(9,10)16-19(7,8)14-17(3,4)12/h11-12H,1-10H3. The zero-order valence-electron chi connectivity index (χ0n) is 14.7. The molecule has 0 spiro atoms. The summed E-state index contributed by atoms with van der Waals surface area (Å²) in [5.41, 5.74) is 0. The maximum Gasteiger partial charge on any atom is 0.323 e. The molecular weight excluding hydrogens is 324 g/mol. The van der Waals surface area contributed by atoms with E-state index in [1.807, 2.05) is 53.1 Å². The summed E-state index contributed by atoms with van der Waals surface area (Å²) in [7, 11) is -9.56. The predicted octanol–water partition coefficient (Wildman–Crippen LogP) is 3.26. The Morgan fingerprint density at radius 2 is 1.00 bits per heavy atom. The number of hydrogen-bond acceptors (Lipinski definition) is 5. The predicted molar refractivity (Wildman–Crippen MR) is 91.6 cm³/mol. The van der Waals surface area contributed by atoms with Crippen molar-refractivity contribution in [2.75, 3.05) is 0 Å². The monoisotopic (exact) mass is 356 g/mol. The molecular formula is C11H32O5Si4. The molecule has 0 bridgehead atoms. The van der Waals surface area contributed by atoms with E-state index in [2.05, 4.69) is 0 Å². The van der Waals surface area contributed by atoms with Crippen LogP contribution in [0.1, 0.15) is 13.8 Å². The zero-order valence-corrected chi connectivity index (χ0v) is 18.7. The quantitative estimate of drug-likeness (QED) is 0.676. The van der Waals surface area contributed by atoms with Gasteiger partial charge in [0.15, 0.2) is 0 Å². The van der Waals surface area contributed by atoms with Gasteiger partial charge in [0.1, 0.15) is 0 Å². The van der Waals surface area contributed by atoms with Crippen LogP contribution in [0.15, 0.2) is 0 Å². The topological polar surface area (TPSA) is 57.2 Å². The molecule has 0 saturated carbocycles. The first-order chi connectivity index (χ1) is 8.54. The lowest BCUT2D eigenvalue weighted by Gasteiger charge is -2.39. The molecule has 0 atom stereocenters. The van der Waals surface area contributed by atoms with E-state index < -0.39 is 34.2 Å². The fourth-order valence-electron chi connectivity index (χ4n) is 2.42. The largest absolute Gasteiger partial charge is 0.416 e. The number of hydrogen-bond donors (Lipinski definition) is 1. The Balaban J connectivity index is 4.73. The SMILES string of the molecule is CC(C)O[Si](C)(C)O[Si](C)(C)O[Si](C)(C)O[Si](C)(C)O. The summed E-state index contributed by atoms with van der Waals surface area (Å²) in [5.74, 6) is 0. The van der Waals surface area contributed by atoms with Gasteiger partial charge in [-0.15, -0.1) is 0 Å². The first-order valence-electron chi connectivity index (χ1n) is 7.04. The van der Waals surface area contributed by atoms with E-state index >= 15 is 0 Å². The fourth-order valence-corrected chi connectivity index (χ4v) is 19.1. The lowest BCUT2D eigenvalue weighted by Crippen LogP contribution is -2.57. The third kappa shape index (κ3) is 10.4. The molecule has 0 aliphatic rings. The van der Waals surface area contributed by atoms with Crippen LogP contribution in [0.4, 0.5) is 0 Å². The number of rotatable bonds is 8. The third-order valence-corrected chi connectivity index (χ3v) is 14.9. The van der Waals surface area contributed by atoms with Crippen LogP contribution in [0.2, 0.25) is 52.4 Å². The maximum absolute atomic E-state index is 9.93. The minimum atomic E-state index is -2.59. The third-order valence-electron chi connectivity index (χ3n) is 2.00. The van der Waals surface area contributed by atoms with Crippen molar-refractivity contribution in [3.05, 3.63) is 0 Å². The van der Waals surface area contributed by atoms with Crippen molar-refractivity contribution in [2.24, 2.45) is 0 Å². The highest BCUT2D eigenvalue weighted by Crippen LogP contribution is 2.24. The highest BCUT2D eigenvalue weighted by atomic mass is 28.5. The van der Waals surface area contributed by atoms with E-state index in [0.717, 1.165) is 0 Å². The van der Waals surface area contributed by atoms with Crippen LogP contribution in [0, 0.1) is 0 Å². The van der Waals surface area contributed by atoms with Crippen molar-refractivity contribution in [3.8, 4) is 0 Å². The molecule has 0 heterocycles. The van der Waals surface area contributed by atoms with Crippen LogP contribution >= 0.6 is 0 Å². The van der Waals surface area contributed by atoms with Crippen molar-refractivity contribution in [2.45, 2.75) is 72.3 Å². The van der Waals surface area contributed by atoms with Gasteiger partial charge in [0, 0.05) is 6.10 Å². The van der Waals surface area contributed by atoms with Crippen LogP contribution in [-0.2, 0) is 16.8 Å². The van der Waals surface area contributed by atoms with Gasteiger partial charge in [0.2, 0.25) is 0 Å². The molecule has 0 aliphatic heterocycles. The summed E-state index contributed by atoms with van der Waals surface area (Å²) in [4.78, 5) is 9.93. The zero-order chi connectivity index (χ0) is 16.4. The second-order valence-corrected chi connectivity index (χ2v) is 21.1. The first-order valence-corrected chi connectivity index (χ1v) is 18.3. The molecule has 0 amide bonds. The molecule has 9 heteroatoms. The van der Waals surface area contributed by atoms with E-state index in [1.165, 1.54) is 0 Å². The van der Waals surface area contributed by atoms with Crippen molar-refractivity contribution in [1.82, 2.24) is 0 Å². The van der Waals surface area contributed by atoms with Gasteiger partial charge in [-0.05, 0) is 66.2 Å². The Labute approximate surface area is 128 Å². The Kier molecular flexibility index (Phi) is 7.06. The van der Waals surface area contributed by atoms with Gasteiger partial charge in [-0.2, -0.15) is 0 Å². The molecule has 0 saturated heterocycles. The van der Waals surface area contributed by atoms with Crippen LogP contribution in [0.25, 0.3) is 0 Å². The van der Waals surface area contributed by atoms with Gasteiger partial charge in [-0.25, -0.2) is 0 Å². The van der Waals surface area contributed by atoms with Crippen molar-refractivity contribution >= 4 is 34.2 Å². The summed E-state index contributed by atoms with van der Waals surface area (Å²) in [6.45, 7) is 19.5. The maximum atomic E-state index is 9.93. The van der Waals surface area contributed by atoms with E-state index in [0.29, 0.717) is 0 Å².